The summed E-state index contributed by atoms with van der Waals surface area (Å²) >= 11 is 0. The van der Waals surface area contributed by atoms with Crippen molar-refractivity contribution in [3.05, 3.63) is 40.5 Å². The Balaban J connectivity index is 3.23. The molecule has 15 heavy (non-hydrogen) atoms. The summed E-state index contributed by atoms with van der Waals surface area (Å²) in [6.07, 6.45) is 1.48. The van der Waals surface area contributed by atoms with Crippen LogP contribution in [0, 0.1) is 15.9 Å². The molecule has 0 N–H and O–H groups in total. The van der Waals surface area contributed by atoms with Gasteiger partial charge in [-0.2, -0.15) is 0 Å². The second-order valence-electron chi connectivity index (χ2n) is 2.47. The second kappa shape index (κ2) is 5.15. The minimum atomic E-state index is -0.592. The Bertz CT molecular complexity index is 506. The SMILES string of the molecule is C=Cc1ccc(OC#P=O)c([N+](=O)[O-])c1. The van der Waals surface area contributed by atoms with Gasteiger partial charge in [-0.25, -0.2) is 0 Å². The molecule has 0 spiro atoms. The van der Waals surface area contributed by atoms with Gasteiger partial charge in [0.25, 0.3) is 0 Å². The van der Waals surface area contributed by atoms with Crippen molar-refractivity contribution >= 4 is 19.7 Å². The summed E-state index contributed by atoms with van der Waals surface area (Å²) in [4.78, 5) is 10.0. The van der Waals surface area contributed by atoms with Gasteiger partial charge in [0, 0.05) is 0 Å². The molecular formula is C9H6NO4P. The van der Waals surface area contributed by atoms with Gasteiger partial charge in [-0.05, 0) is 0 Å². The number of nitro benzene ring substituents is 1. The van der Waals surface area contributed by atoms with Gasteiger partial charge in [0.15, 0.2) is 0 Å². The Labute approximate surface area is 86.6 Å². The molecule has 76 valence electrons. The average Bonchev–Trinajstić information content (AvgIpc) is 2.26. The molecule has 1 aromatic rings. The first-order valence-electron chi connectivity index (χ1n) is 3.84. The first kappa shape index (κ1) is 11.2. The number of benzene rings is 1. The summed E-state index contributed by atoms with van der Waals surface area (Å²) in [5.41, 5.74) is 0.386. The zero-order chi connectivity index (χ0) is 11.3. The second-order valence-corrected chi connectivity index (χ2v) is 2.84. The fourth-order valence-electron chi connectivity index (χ4n) is 0.958. The first-order chi connectivity index (χ1) is 7.19. The van der Waals surface area contributed by atoms with Crippen LogP contribution in [0.1, 0.15) is 5.56 Å². The Morgan fingerprint density at radius 2 is 2.33 bits per heavy atom. The predicted octanol–water partition coefficient (Wildman–Crippen LogP) is 2.83. The third-order valence-electron chi connectivity index (χ3n) is 1.61. The number of hydrogen-bond acceptors (Lipinski definition) is 4. The molecular weight excluding hydrogens is 217 g/mol. The van der Waals surface area contributed by atoms with Gasteiger partial charge in [-0.3, -0.25) is 0 Å². The normalized spacial score (nSPS) is 8.80. The Kier molecular flexibility index (Phi) is 3.86. The third kappa shape index (κ3) is 2.81. The van der Waals surface area contributed by atoms with Crippen LogP contribution in [0.5, 0.6) is 5.75 Å². The van der Waals surface area contributed by atoms with E-state index in [1.165, 1.54) is 18.2 Å². The van der Waals surface area contributed by atoms with E-state index in [0.717, 1.165) is 0 Å². The number of ether oxygens (including phenoxy) is 1. The van der Waals surface area contributed by atoms with Crippen molar-refractivity contribution in [1.29, 1.82) is 0 Å². The van der Waals surface area contributed by atoms with Crippen LogP contribution in [-0.4, -0.2) is 4.92 Å². The van der Waals surface area contributed by atoms with Gasteiger partial charge in [0.2, 0.25) is 0 Å². The van der Waals surface area contributed by atoms with E-state index in [-0.39, 0.29) is 11.4 Å². The fourth-order valence-corrected chi connectivity index (χ4v) is 1.09. The van der Waals surface area contributed by atoms with Crippen LogP contribution < -0.4 is 4.74 Å². The molecule has 0 atom stereocenters. The first-order valence-corrected chi connectivity index (χ1v) is 4.65. The van der Waals surface area contributed by atoms with Gasteiger partial charge >= 0.3 is 85.9 Å². The molecule has 0 aromatic heterocycles. The molecule has 1 aromatic carbocycles. The summed E-state index contributed by atoms with van der Waals surface area (Å²) in [6, 6.07) is 4.30. The maximum atomic E-state index is 10.6. The number of nitrogens with zero attached hydrogens (tertiary/aromatic N) is 1. The molecule has 0 saturated carbocycles. The maximum absolute atomic E-state index is 10.6. The van der Waals surface area contributed by atoms with Crippen LogP contribution in [0.15, 0.2) is 24.8 Å². The molecule has 1 rings (SSSR count). The topological polar surface area (TPSA) is 69.4 Å². The fraction of sp³-hybridized carbons (Fsp3) is 0. The van der Waals surface area contributed by atoms with Crippen LogP contribution >= 0.6 is 7.92 Å². The van der Waals surface area contributed by atoms with Gasteiger partial charge < -0.3 is 0 Å². The average molecular weight is 223 g/mol. The van der Waals surface area contributed by atoms with E-state index >= 15 is 0 Å². The van der Waals surface area contributed by atoms with Gasteiger partial charge in [0.1, 0.15) is 0 Å². The zero-order valence-electron chi connectivity index (χ0n) is 7.54. The van der Waals surface area contributed by atoms with Gasteiger partial charge in [-0.15, -0.1) is 0 Å². The molecule has 0 heterocycles. The van der Waals surface area contributed by atoms with E-state index in [9.17, 15) is 14.7 Å². The monoisotopic (exact) mass is 223 g/mol. The summed E-state index contributed by atoms with van der Waals surface area (Å²) < 4.78 is 14.8. The Hall–Kier alpha value is -1.83. The summed E-state index contributed by atoms with van der Waals surface area (Å²) in [6.45, 7) is 3.49. The summed E-state index contributed by atoms with van der Waals surface area (Å²) in [7, 11) is -0.466. The van der Waals surface area contributed by atoms with Crippen LogP contribution in [0.2, 0.25) is 0 Å². The van der Waals surface area contributed by atoms with E-state index in [0.29, 0.717) is 5.56 Å². The molecule has 0 fully saturated rings. The van der Waals surface area contributed by atoms with Crippen molar-refractivity contribution in [2.45, 2.75) is 0 Å². The van der Waals surface area contributed by atoms with Crippen molar-refractivity contribution in [2.24, 2.45) is 0 Å². The van der Waals surface area contributed by atoms with Crippen molar-refractivity contribution in [3.8, 4) is 11.6 Å². The van der Waals surface area contributed by atoms with Crippen molar-refractivity contribution in [1.82, 2.24) is 0 Å². The zero-order valence-corrected chi connectivity index (χ0v) is 8.44. The summed E-state index contributed by atoms with van der Waals surface area (Å²) in [5, 5.41) is 10.6. The minimum absolute atomic E-state index is 0.00560. The molecule has 0 aliphatic carbocycles. The molecule has 0 aliphatic heterocycles. The van der Waals surface area contributed by atoms with E-state index in [1.807, 2.05) is 5.81 Å². The van der Waals surface area contributed by atoms with Gasteiger partial charge in [0.05, 0.1) is 0 Å². The molecule has 0 saturated heterocycles. The summed E-state index contributed by atoms with van der Waals surface area (Å²) in [5.74, 6) is 1.98. The standard InChI is InChI=1S/C9H6NO4P/c1-2-7-3-4-9(14-6-15-13)8(5-7)10(11)12/h2-5H,1H2. The predicted molar refractivity (Wildman–Crippen MR) is 55.3 cm³/mol. The number of hydrogen-bond donors (Lipinski definition) is 0. The van der Waals surface area contributed by atoms with Crippen LogP contribution in [0.25, 0.3) is 6.08 Å². The van der Waals surface area contributed by atoms with Crippen LogP contribution in [0.3, 0.4) is 0 Å². The Morgan fingerprint density at radius 1 is 1.60 bits per heavy atom. The van der Waals surface area contributed by atoms with E-state index in [1.54, 1.807) is 6.07 Å². The molecule has 5 nitrogen and oxygen atoms in total. The molecule has 0 aliphatic rings. The van der Waals surface area contributed by atoms with Crippen molar-refractivity contribution < 1.29 is 14.2 Å². The molecule has 0 amide bonds. The Morgan fingerprint density at radius 3 is 2.87 bits per heavy atom. The van der Waals surface area contributed by atoms with Crippen molar-refractivity contribution in [3.63, 3.8) is 0 Å². The molecule has 0 bridgehead atoms. The molecule has 0 unspecified atom stereocenters. The van der Waals surface area contributed by atoms with Gasteiger partial charge in [-0.1, -0.05) is 0 Å². The third-order valence-corrected chi connectivity index (χ3v) is 1.77. The quantitative estimate of drug-likeness (QED) is 0.448. The van der Waals surface area contributed by atoms with Crippen LogP contribution in [-0.2, 0) is 4.57 Å². The number of rotatable bonds is 3. The molecule has 6 heteroatoms. The van der Waals surface area contributed by atoms with E-state index in [4.69, 9.17) is 4.74 Å². The van der Waals surface area contributed by atoms with Crippen molar-refractivity contribution in [2.75, 3.05) is 0 Å². The van der Waals surface area contributed by atoms with E-state index in [2.05, 4.69) is 6.58 Å². The number of nitro groups is 1. The van der Waals surface area contributed by atoms with E-state index < -0.39 is 12.8 Å². The van der Waals surface area contributed by atoms with Crippen LogP contribution in [0.4, 0.5) is 5.69 Å². The molecule has 0 radical (unpaired) electrons.